The largest absolute Gasteiger partial charge is 0.413 e. The minimum atomic E-state index is -1.74. The van der Waals surface area contributed by atoms with E-state index in [9.17, 15) is 0 Å². The molecule has 0 amide bonds. The van der Waals surface area contributed by atoms with Gasteiger partial charge in [-0.1, -0.05) is 84.0 Å². The van der Waals surface area contributed by atoms with Gasteiger partial charge in [-0.25, -0.2) is 0 Å². The maximum absolute atomic E-state index is 6.70. The molecule has 0 unspecified atom stereocenters. The maximum atomic E-state index is 6.70. The second-order valence-electron chi connectivity index (χ2n) is 8.22. The molecule has 0 aromatic heterocycles. The smallest absolute Gasteiger partial charge is 0.192 e. The van der Waals surface area contributed by atoms with Crippen LogP contribution in [-0.2, 0) is 4.43 Å². The van der Waals surface area contributed by atoms with Crippen molar-refractivity contribution >= 4 is 14.4 Å². The van der Waals surface area contributed by atoms with Gasteiger partial charge in [-0.3, -0.25) is 0 Å². The molecule has 0 saturated carbocycles. The van der Waals surface area contributed by atoms with E-state index in [1.165, 1.54) is 5.56 Å². The Labute approximate surface area is 138 Å². The van der Waals surface area contributed by atoms with E-state index < -0.39 is 8.32 Å². The molecule has 0 radical (unpaired) electrons. The molecular formula is C20H34OSi. The fourth-order valence-corrected chi connectivity index (χ4v) is 3.82. The van der Waals surface area contributed by atoms with Crippen LogP contribution in [0.25, 0.3) is 6.08 Å². The molecule has 0 aliphatic rings. The summed E-state index contributed by atoms with van der Waals surface area (Å²) in [5.41, 5.74) is 1.25. The van der Waals surface area contributed by atoms with Crippen molar-refractivity contribution in [2.45, 2.75) is 65.8 Å². The minimum absolute atomic E-state index is 0.253. The SMILES string of the molecule is CC(C)[C@@H](O[Si](C)(C)C(C)(C)C)[C@@H](C)/C=C\c1ccccc1. The topological polar surface area (TPSA) is 9.23 Å². The molecular weight excluding hydrogens is 284 g/mol. The predicted octanol–water partition coefficient (Wildman–Crippen LogP) is 6.38. The van der Waals surface area contributed by atoms with E-state index in [0.29, 0.717) is 11.8 Å². The third-order valence-corrected chi connectivity index (χ3v) is 9.28. The average Bonchev–Trinajstić information content (AvgIpc) is 2.42. The molecule has 2 atom stereocenters. The summed E-state index contributed by atoms with van der Waals surface area (Å²) in [6.45, 7) is 18.4. The highest BCUT2D eigenvalue weighted by atomic mass is 28.4. The van der Waals surface area contributed by atoms with Gasteiger partial charge in [0.15, 0.2) is 8.32 Å². The Bertz CT molecular complexity index is 468. The first-order chi connectivity index (χ1) is 10.0. The van der Waals surface area contributed by atoms with Gasteiger partial charge in [-0.15, -0.1) is 0 Å². The van der Waals surface area contributed by atoms with Crippen molar-refractivity contribution < 1.29 is 4.43 Å². The van der Waals surface area contributed by atoms with Crippen LogP contribution in [0.5, 0.6) is 0 Å². The first kappa shape index (κ1) is 19.2. The van der Waals surface area contributed by atoms with Crippen LogP contribution in [0, 0.1) is 11.8 Å². The summed E-state index contributed by atoms with van der Waals surface area (Å²) >= 11 is 0. The van der Waals surface area contributed by atoms with Crippen molar-refractivity contribution in [3.05, 3.63) is 42.0 Å². The third-order valence-electron chi connectivity index (χ3n) is 4.80. The molecule has 0 bridgehead atoms. The molecule has 1 nitrogen and oxygen atoms in total. The molecule has 0 N–H and O–H groups in total. The van der Waals surface area contributed by atoms with Gasteiger partial charge in [-0.05, 0) is 35.5 Å². The van der Waals surface area contributed by atoms with Crippen molar-refractivity contribution in [3.63, 3.8) is 0 Å². The lowest BCUT2D eigenvalue weighted by Gasteiger charge is -2.42. The van der Waals surface area contributed by atoms with Crippen LogP contribution in [0.2, 0.25) is 18.1 Å². The van der Waals surface area contributed by atoms with E-state index in [2.05, 4.69) is 97.1 Å². The van der Waals surface area contributed by atoms with Crippen molar-refractivity contribution in [1.82, 2.24) is 0 Å². The Morgan fingerprint density at radius 3 is 2.00 bits per heavy atom. The van der Waals surface area contributed by atoms with Gasteiger partial charge in [0.1, 0.15) is 0 Å². The monoisotopic (exact) mass is 318 g/mol. The normalized spacial score (nSPS) is 16.2. The first-order valence-corrected chi connectivity index (χ1v) is 11.4. The second kappa shape index (κ2) is 7.61. The minimum Gasteiger partial charge on any atom is -0.413 e. The highest BCUT2D eigenvalue weighted by Crippen LogP contribution is 2.39. The second-order valence-corrected chi connectivity index (χ2v) is 13.0. The Balaban J connectivity index is 2.85. The molecule has 124 valence electrons. The van der Waals surface area contributed by atoms with E-state index in [0.717, 1.165) is 0 Å². The lowest BCUT2D eigenvalue weighted by Crippen LogP contribution is -2.46. The van der Waals surface area contributed by atoms with Crippen LogP contribution in [-0.4, -0.2) is 14.4 Å². The van der Waals surface area contributed by atoms with Crippen LogP contribution < -0.4 is 0 Å². The molecule has 0 saturated heterocycles. The molecule has 1 aromatic rings. The Morgan fingerprint density at radius 1 is 1.00 bits per heavy atom. The van der Waals surface area contributed by atoms with Gasteiger partial charge in [0.25, 0.3) is 0 Å². The lowest BCUT2D eigenvalue weighted by atomic mass is 9.94. The van der Waals surface area contributed by atoms with Crippen LogP contribution in [0.3, 0.4) is 0 Å². The van der Waals surface area contributed by atoms with Crippen molar-refractivity contribution in [1.29, 1.82) is 0 Å². The van der Waals surface area contributed by atoms with Crippen molar-refractivity contribution in [3.8, 4) is 0 Å². The molecule has 0 fully saturated rings. The van der Waals surface area contributed by atoms with Gasteiger partial charge in [0.2, 0.25) is 0 Å². The molecule has 0 heterocycles. The highest BCUT2D eigenvalue weighted by Gasteiger charge is 2.40. The van der Waals surface area contributed by atoms with E-state index in [1.807, 2.05) is 0 Å². The Hall–Kier alpha value is -0.863. The molecule has 2 heteroatoms. The fourth-order valence-electron chi connectivity index (χ4n) is 2.30. The van der Waals surface area contributed by atoms with E-state index in [1.54, 1.807) is 0 Å². The lowest BCUT2D eigenvalue weighted by molar-refractivity contribution is 0.101. The van der Waals surface area contributed by atoms with E-state index >= 15 is 0 Å². The van der Waals surface area contributed by atoms with Crippen LogP contribution in [0.4, 0.5) is 0 Å². The van der Waals surface area contributed by atoms with Crippen LogP contribution in [0.1, 0.15) is 47.1 Å². The first-order valence-electron chi connectivity index (χ1n) is 8.45. The highest BCUT2D eigenvalue weighted by molar-refractivity contribution is 6.74. The average molecular weight is 319 g/mol. The van der Waals surface area contributed by atoms with Gasteiger partial charge < -0.3 is 4.43 Å². The summed E-state index contributed by atoms with van der Waals surface area (Å²) in [5.74, 6) is 0.930. The predicted molar refractivity (Wildman–Crippen MR) is 102 cm³/mol. The summed E-state index contributed by atoms with van der Waals surface area (Å²) in [6, 6.07) is 10.5. The third kappa shape index (κ3) is 5.40. The number of hydrogen-bond acceptors (Lipinski definition) is 1. The molecule has 1 rings (SSSR count). The molecule has 0 aliphatic heterocycles. The molecule has 0 aliphatic carbocycles. The zero-order chi connectivity index (χ0) is 17.0. The standard InChI is InChI=1S/C20H34OSi/c1-16(2)19(21-22(7,8)20(4,5)6)17(3)14-15-18-12-10-9-11-13-18/h9-17,19H,1-8H3/b15-14-/t17-,19+/m0/s1. The number of benzene rings is 1. The number of rotatable bonds is 6. The Kier molecular flexibility index (Phi) is 6.63. The fraction of sp³-hybridized carbons (Fsp3) is 0.600. The van der Waals surface area contributed by atoms with E-state index in [4.69, 9.17) is 4.43 Å². The van der Waals surface area contributed by atoms with Crippen LogP contribution >= 0.6 is 0 Å². The van der Waals surface area contributed by atoms with Gasteiger partial charge >= 0.3 is 0 Å². The van der Waals surface area contributed by atoms with Crippen molar-refractivity contribution in [2.24, 2.45) is 11.8 Å². The molecule has 22 heavy (non-hydrogen) atoms. The summed E-state index contributed by atoms with van der Waals surface area (Å²) in [6.07, 6.45) is 4.79. The van der Waals surface area contributed by atoms with Crippen LogP contribution in [0.15, 0.2) is 36.4 Å². The Morgan fingerprint density at radius 2 is 1.55 bits per heavy atom. The summed E-state index contributed by atoms with van der Waals surface area (Å²) in [4.78, 5) is 0. The quantitative estimate of drug-likeness (QED) is 0.553. The zero-order valence-electron chi connectivity index (χ0n) is 15.7. The molecule has 1 aromatic carbocycles. The van der Waals surface area contributed by atoms with Gasteiger partial charge in [0, 0.05) is 0 Å². The zero-order valence-corrected chi connectivity index (χ0v) is 16.7. The van der Waals surface area contributed by atoms with Crippen molar-refractivity contribution in [2.75, 3.05) is 0 Å². The van der Waals surface area contributed by atoms with E-state index in [-0.39, 0.29) is 11.1 Å². The summed E-state index contributed by atoms with van der Waals surface area (Å²) in [7, 11) is -1.74. The summed E-state index contributed by atoms with van der Waals surface area (Å²) in [5, 5.41) is 0.253. The molecule has 0 spiro atoms. The maximum Gasteiger partial charge on any atom is 0.192 e. The number of hydrogen-bond donors (Lipinski definition) is 0. The van der Waals surface area contributed by atoms with Gasteiger partial charge in [0.05, 0.1) is 6.10 Å². The summed E-state index contributed by atoms with van der Waals surface area (Å²) < 4.78 is 6.70. The van der Waals surface area contributed by atoms with Gasteiger partial charge in [-0.2, -0.15) is 0 Å².